The van der Waals surface area contributed by atoms with Gasteiger partial charge in [0, 0.05) is 17.7 Å². The van der Waals surface area contributed by atoms with Crippen LogP contribution in [0.4, 0.5) is 5.82 Å². The molecule has 2 heterocycles. The van der Waals surface area contributed by atoms with Gasteiger partial charge in [-0.15, -0.1) is 0 Å². The van der Waals surface area contributed by atoms with Crippen molar-refractivity contribution >= 4 is 22.8 Å². The molecule has 7 nitrogen and oxygen atoms in total. The van der Waals surface area contributed by atoms with Gasteiger partial charge < -0.3 is 16.6 Å². The fraction of sp³-hybridized carbons (Fsp3) is 0.250. The van der Waals surface area contributed by atoms with Crippen molar-refractivity contribution in [3.63, 3.8) is 0 Å². The van der Waals surface area contributed by atoms with Gasteiger partial charge in [0.05, 0.1) is 16.6 Å². The quantitative estimate of drug-likeness (QED) is 0.604. The van der Waals surface area contributed by atoms with E-state index in [1.807, 2.05) is 6.92 Å². The van der Waals surface area contributed by atoms with Gasteiger partial charge in [0.1, 0.15) is 11.6 Å². The minimum absolute atomic E-state index is 0.125. The van der Waals surface area contributed by atoms with Crippen LogP contribution < -0.4 is 11.5 Å². The molecule has 1 fully saturated rings. The molecule has 0 bridgehead atoms. The van der Waals surface area contributed by atoms with Crippen LogP contribution in [0.5, 0.6) is 5.75 Å². The van der Waals surface area contributed by atoms with Crippen molar-refractivity contribution in [2.45, 2.75) is 26.7 Å². The summed E-state index contributed by atoms with van der Waals surface area (Å²) in [5.41, 5.74) is 14.6. The van der Waals surface area contributed by atoms with Crippen molar-refractivity contribution < 1.29 is 9.90 Å². The van der Waals surface area contributed by atoms with Crippen molar-refractivity contribution in [3.05, 3.63) is 40.8 Å². The molecule has 1 aliphatic rings. The Morgan fingerprint density at radius 3 is 2.74 bits per heavy atom. The fourth-order valence-corrected chi connectivity index (χ4v) is 3.19. The Labute approximate surface area is 156 Å². The summed E-state index contributed by atoms with van der Waals surface area (Å²) >= 11 is 0. The Kier molecular flexibility index (Phi) is 3.77. The topological polar surface area (TPSA) is 120 Å². The Balaban J connectivity index is 2.05. The molecular formula is C20H19N5O2. The minimum atomic E-state index is -0.660. The fourth-order valence-electron chi connectivity index (χ4n) is 3.19. The van der Waals surface area contributed by atoms with E-state index in [0.29, 0.717) is 34.0 Å². The number of nitrogens with zero attached hydrogens (tertiary/aromatic N) is 3. The maximum absolute atomic E-state index is 12.0. The summed E-state index contributed by atoms with van der Waals surface area (Å²) in [6, 6.07) is 3.40. The SMILES string of the molecule is Cc1ccc(O)c(C)c1-n1c(N)c(C(N)=O)c2cnc(C#CC3CC3)nc21. The highest BCUT2D eigenvalue weighted by Crippen LogP contribution is 2.35. The number of aromatic hydroxyl groups is 1. The number of amides is 1. The highest BCUT2D eigenvalue weighted by Gasteiger charge is 2.24. The van der Waals surface area contributed by atoms with Gasteiger partial charge >= 0.3 is 0 Å². The van der Waals surface area contributed by atoms with E-state index in [2.05, 4.69) is 21.8 Å². The minimum Gasteiger partial charge on any atom is -0.508 e. The second-order valence-electron chi connectivity index (χ2n) is 6.81. The molecule has 1 aromatic carbocycles. The largest absolute Gasteiger partial charge is 0.508 e. The summed E-state index contributed by atoms with van der Waals surface area (Å²) < 4.78 is 1.64. The number of carbonyl (C=O) groups excluding carboxylic acids is 1. The number of benzene rings is 1. The molecule has 1 aliphatic carbocycles. The predicted octanol–water partition coefficient (Wildman–Crippen LogP) is 2.19. The predicted molar refractivity (Wildman–Crippen MR) is 103 cm³/mol. The van der Waals surface area contributed by atoms with Crippen LogP contribution in [-0.4, -0.2) is 25.5 Å². The van der Waals surface area contributed by atoms with E-state index in [1.54, 1.807) is 23.6 Å². The van der Waals surface area contributed by atoms with Gasteiger partial charge in [-0.3, -0.25) is 9.36 Å². The molecule has 0 unspecified atom stereocenters. The number of hydrogen-bond acceptors (Lipinski definition) is 5. The molecule has 3 aromatic rings. The third kappa shape index (κ3) is 2.75. The number of phenols is 1. The highest BCUT2D eigenvalue weighted by molar-refractivity contribution is 6.10. The number of aryl methyl sites for hydroxylation is 1. The highest BCUT2D eigenvalue weighted by atomic mass is 16.3. The second-order valence-corrected chi connectivity index (χ2v) is 6.81. The summed E-state index contributed by atoms with van der Waals surface area (Å²) in [4.78, 5) is 20.8. The Hall–Kier alpha value is -3.53. The molecule has 0 atom stereocenters. The number of anilines is 1. The van der Waals surface area contributed by atoms with Crippen molar-refractivity contribution in [2.75, 3.05) is 5.73 Å². The Morgan fingerprint density at radius 1 is 1.33 bits per heavy atom. The molecule has 4 rings (SSSR count). The lowest BCUT2D eigenvalue weighted by atomic mass is 10.1. The van der Waals surface area contributed by atoms with Gasteiger partial charge in [0.25, 0.3) is 5.91 Å². The molecule has 0 spiro atoms. The van der Waals surface area contributed by atoms with Crippen LogP contribution in [0.2, 0.25) is 0 Å². The maximum Gasteiger partial charge on any atom is 0.253 e. The Bertz CT molecular complexity index is 1160. The molecule has 7 heteroatoms. The number of carbonyl (C=O) groups is 1. The summed E-state index contributed by atoms with van der Waals surface area (Å²) in [5.74, 6) is 6.51. The third-order valence-electron chi connectivity index (χ3n) is 4.79. The number of phenolic OH excluding ortho intramolecular Hbond substituents is 1. The van der Waals surface area contributed by atoms with E-state index in [-0.39, 0.29) is 17.1 Å². The monoisotopic (exact) mass is 361 g/mol. The second kappa shape index (κ2) is 6.02. The van der Waals surface area contributed by atoms with E-state index in [4.69, 9.17) is 11.5 Å². The van der Waals surface area contributed by atoms with Crippen LogP contribution in [0, 0.1) is 31.6 Å². The van der Waals surface area contributed by atoms with Crippen molar-refractivity contribution in [1.82, 2.24) is 14.5 Å². The molecule has 0 aliphatic heterocycles. The molecule has 1 amide bonds. The zero-order valence-corrected chi connectivity index (χ0v) is 15.1. The third-order valence-corrected chi connectivity index (χ3v) is 4.79. The van der Waals surface area contributed by atoms with Crippen LogP contribution in [0.3, 0.4) is 0 Å². The molecule has 136 valence electrons. The van der Waals surface area contributed by atoms with Gasteiger partial charge in [-0.1, -0.05) is 12.0 Å². The zero-order chi connectivity index (χ0) is 19.3. The van der Waals surface area contributed by atoms with Crippen molar-refractivity contribution in [2.24, 2.45) is 11.7 Å². The van der Waals surface area contributed by atoms with Crippen LogP contribution in [0.15, 0.2) is 18.3 Å². The number of fused-ring (bicyclic) bond motifs is 1. The average molecular weight is 361 g/mol. The number of hydrogen-bond donors (Lipinski definition) is 3. The molecule has 0 radical (unpaired) electrons. The van der Waals surface area contributed by atoms with Gasteiger partial charge in [-0.2, -0.15) is 0 Å². The van der Waals surface area contributed by atoms with Crippen molar-refractivity contribution in [3.8, 4) is 23.3 Å². The van der Waals surface area contributed by atoms with E-state index in [9.17, 15) is 9.90 Å². The molecule has 1 saturated carbocycles. The lowest BCUT2D eigenvalue weighted by molar-refractivity contribution is 0.100. The van der Waals surface area contributed by atoms with Gasteiger partial charge in [-0.25, -0.2) is 9.97 Å². The van der Waals surface area contributed by atoms with Crippen LogP contribution in [0.1, 0.15) is 40.2 Å². The molecular weight excluding hydrogens is 342 g/mol. The van der Waals surface area contributed by atoms with Crippen LogP contribution >= 0.6 is 0 Å². The number of primary amides is 1. The molecule has 27 heavy (non-hydrogen) atoms. The van der Waals surface area contributed by atoms with E-state index in [1.165, 1.54) is 6.20 Å². The van der Waals surface area contributed by atoms with Gasteiger partial charge in [-0.05, 0) is 44.2 Å². The lowest BCUT2D eigenvalue weighted by Crippen LogP contribution is -2.14. The Morgan fingerprint density at radius 2 is 2.07 bits per heavy atom. The number of nitrogen functional groups attached to an aromatic ring is 1. The summed E-state index contributed by atoms with van der Waals surface area (Å²) in [7, 11) is 0. The maximum atomic E-state index is 12.0. The van der Waals surface area contributed by atoms with E-state index in [0.717, 1.165) is 18.4 Å². The van der Waals surface area contributed by atoms with E-state index >= 15 is 0 Å². The average Bonchev–Trinajstić information content (AvgIpc) is 3.41. The summed E-state index contributed by atoms with van der Waals surface area (Å²) in [6.07, 6.45) is 3.73. The van der Waals surface area contributed by atoms with E-state index < -0.39 is 5.91 Å². The first-order valence-electron chi connectivity index (χ1n) is 8.66. The summed E-state index contributed by atoms with van der Waals surface area (Å²) in [6.45, 7) is 3.67. The molecule has 0 saturated heterocycles. The van der Waals surface area contributed by atoms with Crippen molar-refractivity contribution in [1.29, 1.82) is 0 Å². The zero-order valence-electron chi connectivity index (χ0n) is 15.1. The first-order valence-corrected chi connectivity index (χ1v) is 8.66. The number of aromatic nitrogens is 3. The van der Waals surface area contributed by atoms with Crippen LogP contribution in [-0.2, 0) is 0 Å². The van der Waals surface area contributed by atoms with Crippen LogP contribution in [0.25, 0.3) is 16.7 Å². The molecule has 5 N–H and O–H groups in total. The first kappa shape index (κ1) is 16.9. The smallest absolute Gasteiger partial charge is 0.253 e. The lowest BCUT2D eigenvalue weighted by Gasteiger charge is -2.15. The van der Waals surface area contributed by atoms with Gasteiger partial charge in [0.15, 0.2) is 5.65 Å². The first-order chi connectivity index (χ1) is 12.9. The summed E-state index contributed by atoms with van der Waals surface area (Å²) in [5, 5.41) is 10.6. The number of rotatable bonds is 2. The van der Waals surface area contributed by atoms with Gasteiger partial charge in [0.2, 0.25) is 5.82 Å². The normalized spacial score (nSPS) is 13.4. The standard InChI is InChI=1S/C20H19N5O2/c1-10-3-7-14(26)11(2)17(10)25-18(21)16(19(22)27)13-9-23-15(24-20(13)25)8-6-12-4-5-12/h3,7,9,12,26H,4-5,21H2,1-2H3,(H2,22,27). The number of nitrogens with two attached hydrogens (primary N) is 2. The molecule has 2 aromatic heterocycles.